The summed E-state index contributed by atoms with van der Waals surface area (Å²) in [4.78, 5) is 32.9. The number of benzene rings is 1. The molecule has 2 aliphatic heterocycles. The fraction of sp³-hybridized carbons (Fsp3) is 0.636. The molecule has 12 heteroatoms. The second-order valence-electron chi connectivity index (χ2n) is 14.5. The molecule has 5 rings (SSSR count). The third-order valence-corrected chi connectivity index (χ3v) is 9.65. The molecule has 1 aromatic heterocycles. The van der Waals surface area contributed by atoms with Crippen LogP contribution in [-0.4, -0.2) is 69.4 Å². The molecule has 0 radical (unpaired) electrons. The second-order valence-corrected chi connectivity index (χ2v) is 14.5. The summed E-state index contributed by atoms with van der Waals surface area (Å²) in [5.41, 5.74) is -1.97. The van der Waals surface area contributed by atoms with Gasteiger partial charge in [0.05, 0.1) is 18.3 Å². The van der Waals surface area contributed by atoms with E-state index in [1.807, 2.05) is 31.9 Å². The largest absolute Gasteiger partial charge is 0.444 e. The lowest BCUT2D eigenvalue weighted by molar-refractivity contribution is -0.136. The van der Waals surface area contributed by atoms with E-state index in [1.165, 1.54) is 6.07 Å². The van der Waals surface area contributed by atoms with E-state index in [4.69, 9.17) is 11.3 Å². The average Bonchev–Trinajstić information content (AvgIpc) is 3.46. The van der Waals surface area contributed by atoms with Crippen LogP contribution in [0.4, 0.5) is 29.3 Å². The molecule has 3 fully saturated rings. The number of nitrogens with zero attached hydrogens (tertiary/aromatic N) is 5. The van der Waals surface area contributed by atoms with Crippen molar-refractivity contribution in [2.75, 3.05) is 31.5 Å². The van der Waals surface area contributed by atoms with Crippen LogP contribution in [0.2, 0.25) is 0 Å². The van der Waals surface area contributed by atoms with Crippen LogP contribution >= 0.6 is 0 Å². The zero-order valence-corrected chi connectivity index (χ0v) is 26.7. The fourth-order valence-corrected chi connectivity index (χ4v) is 6.89. The van der Waals surface area contributed by atoms with Crippen molar-refractivity contribution in [3.8, 4) is 0 Å². The number of carbonyl (C=O) groups excluding carboxylic acids is 2. The summed E-state index contributed by atoms with van der Waals surface area (Å²) < 4.78 is 47.3. The first-order chi connectivity index (χ1) is 21.0. The second kappa shape index (κ2) is 12.0. The summed E-state index contributed by atoms with van der Waals surface area (Å²) >= 11 is 0. The van der Waals surface area contributed by atoms with Crippen LogP contribution in [0.1, 0.15) is 90.2 Å². The van der Waals surface area contributed by atoms with Gasteiger partial charge in [-0.25, -0.2) is 9.64 Å². The number of hydrogen-bond acceptors (Lipinski definition) is 5. The molecule has 1 N–H and O–H groups in total. The van der Waals surface area contributed by atoms with Gasteiger partial charge in [0.25, 0.3) is 5.91 Å². The number of alkyl halides is 3. The number of aromatic nitrogens is 2. The average molecular weight is 629 g/mol. The third kappa shape index (κ3) is 7.13. The Morgan fingerprint density at radius 1 is 1.04 bits per heavy atom. The van der Waals surface area contributed by atoms with Gasteiger partial charge in [0, 0.05) is 36.4 Å². The van der Waals surface area contributed by atoms with E-state index in [1.54, 1.807) is 24.7 Å². The first kappa shape index (κ1) is 32.8. The van der Waals surface area contributed by atoms with Crippen molar-refractivity contribution in [1.82, 2.24) is 19.6 Å². The van der Waals surface area contributed by atoms with Gasteiger partial charge in [0.1, 0.15) is 11.1 Å². The van der Waals surface area contributed by atoms with E-state index < -0.39 is 34.5 Å². The minimum absolute atomic E-state index is 0.0288. The molecule has 3 aliphatic rings. The number of anilines is 1. The van der Waals surface area contributed by atoms with Gasteiger partial charge in [-0.2, -0.15) is 18.3 Å². The number of carbonyl (C=O) groups is 2. The fourth-order valence-electron chi connectivity index (χ4n) is 6.89. The quantitative estimate of drug-likeness (QED) is 0.355. The van der Waals surface area contributed by atoms with Gasteiger partial charge in [0.2, 0.25) is 0 Å². The van der Waals surface area contributed by atoms with Crippen molar-refractivity contribution in [3.05, 3.63) is 53.1 Å². The molecule has 2 amide bonds. The number of piperidine rings is 1. The molecule has 9 nitrogen and oxygen atoms in total. The summed E-state index contributed by atoms with van der Waals surface area (Å²) in [6.45, 7) is 19.6. The molecule has 2 saturated heterocycles. The molecule has 1 spiro atoms. The van der Waals surface area contributed by atoms with Crippen LogP contribution in [0.25, 0.3) is 4.85 Å². The first-order valence-electron chi connectivity index (χ1n) is 15.7. The van der Waals surface area contributed by atoms with E-state index in [-0.39, 0.29) is 17.2 Å². The summed E-state index contributed by atoms with van der Waals surface area (Å²) in [6.07, 6.45) is 5.25. The molecular weight excluding hydrogens is 585 g/mol. The molecule has 244 valence electrons. The number of nitrogens with one attached hydrogen (secondary N) is 1. The highest BCUT2D eigenvalue weighted by Crippen LogP contribution is 2.46. The van der Waals surface area contributed by atoms with Crippen molar-refractivity contribution in [3.63, 3.8) is 0 Å². The monoisotopic (exact) mass is 628 g/mol. The first-order valence-corrected chi connectivity index (χ1v) is 15.7. The van der Waals surface area contributed by atoms with Gasteiger partial charge in [-0.1, -0.05) is 6.07 Å². The van der Waals surface area contributed by atoms with E-state index in [0.717, 1.165) is 82.4 Å². The van der Waals surface area contributed by atoms with Crippen LogP contribution in [0, 0.1) is 12.0 Å². The maximum atomic E-state index is 13.4. The van der Waals surface area contributed by atoms with Gasteiger partial charge in [-0.15, -0.1) is 0 Å². The maximum absolute atomic E-state index is 13.4. The summed E-state index contributed by atoms with van der Waals surface area (Å²) in [5.74, 6) is -0.195. The summed E-state index contributed by atoms with van der Waals surface area (Å²) in [7, 11) is 0. The molecule has 1 aliphatic carbocycles. The molecule has 45 heavy (non-hydrogen) atoms. The van der Waals surface area contributed by atoms with E-state index in [9.17, 15) is 22.8 Å². The Morgan fingerprint density at radius 3 is 2.27 bits per heavy atom. The van der Waals surface area contributed by atoms with Crippen molar-refractivity contribution in [2.24, 2.45) is 5.41 Å². The predicted octanol–water partition coefficient (Wildman–Crippen LogP) is 7.19. The highest BCUT2D eigenvalue weighted by atomic mass is 19.4. The van der Waals surface area contributed by atoms with Gasteiger partial charge in [-0.3, -0.25) is 9.48 Å². The highest BCUT2D eigenvalue weighted by Gasteiger charge is 2.48. The highest BCUT2D eigenvalue weighted by molar-refractivity contribution is 5.96. The topological polar surface area (TPSA) is 84.1 Å². The minimum Gasteiger partial charge on any atom is -0.444 e. The Kier molecular flexibility index (Phi) is 8.72. The number of halogens is 3. The Morgan fingerprint density at radius 2 is 1.69 bits per heavy atom. The molecule has 0 unspecified atom stereocenters. The molecule has 2 aromatic rings. The molecule has 3 heterocycles. The van der Waals surface area contributed by atoms with Crippen LogP contribution in [0.3, 0.4) is 0 Å². The molecule has 1 aromatic carbocycles. The lowest BCUT2D eigenvalue weighted by Crippen LogP contribution is -2.61. The zero-order chi connectivity index (χ0) is 32.8. The van der Waals surface area contributed by atoms with E-state index >= 15 is 0 Å². The lowest BCUT2D eigenvalue weighted by Gasteiger charge is -2.54. The number of amides is 2. The van der Waals surface area contributed by atoms with E-state index in [0.29, 0.717) is 12.0 Å². The molecular formula is C33H43F3N6O3. The Bertz CT molecular complexity index is 1450. The predicted molar refractivity (Wildman–Crippen MR) is 164 cm³/mol. The SMILES string of the molecule is [C-]#[N+]c1ccc(NC(=O)C(C)(C)n2cc(C3CCN(C4CCC5(CC4)CN(C(=O)OC(C)(C)C)C5)CC3)cn2)cc1C(F)(F)F. The number of rotatable bonds is 5. The normalized spacial score (nSPS) is 20.0. The van der Waals surface area contributed by atoms with Crippen molar-refractivity contribution in [2.45, 2.75) is 102 Å². The van der Waals surface area contributed by atoms with Crippen molar-refractivity contribution in [1.29, 1.82) is 0 Å². The van der Waals surface area contributed by atoms with Crippen LogP contribution < -0.4 is 5.32 Å². The van der Waals surface area contributed by atoms with Gasteiger partial charge in [-0.05, 0) is 110 Å². The van der Waals surface area contributed by atoms with Crippen LogP contribution in [0.15, 0.2) is 30.6 Å². The molecule has 0 bridgehead atoms. The van der Waals surface area contributed by atoms with Crippen LogP contribution in [-0.2, 0) is 21.2 Å². The number of ether oxygens (including phenoxy) is 1. The maximum Gasteiger partial charge on any atom is 0.410 e. The molecule has 0 atom stereocenters. The molecule has 1 saturated carbocycles. The Hall–Kier alpha value is -3.59. The smallest absolute Gasteiger partial charge is 0.410 e. The van der Waals surface area contributed by atoms with Gasteiger partial charge >= 0.3 is 12.3 Å². The standard InChI is InChI=1S/C33H43F3N6O3/c1-30(2,3)45-29(44)41-20-32(21-41)13-9-25(10-14-32)40-15-11-22(12-16-40)23-18-38-42(19-23)31(4,5)28(43)39-24-7-8-27(37-6)26(17-24)33(34,35)36/h7-8,17-19,22,25H,9-16,20-21H2,1-5H3,(H,39,43). The third-order valence-electron chi connectivity index (χ3n) is 9.65. The minimum atomic E-state index is -4.70. The van der Waals surface area contributed by atoms with Gasteiger partial charge in [0.15, 0.2) is 5.69 Å². The Labute approximate surface area is 262 Å². The summed E-state index contributed by atoms with van der Waals surface area (Å²) in [6, 6.07) is 3.71. The van der Waals surface area contributed by atoms with Crippen molar-refractivity contribution < 1.29 is 27.5 Å². The number of likely N-dealkylation sites (tertiary alicyclic amines) is 2. The van der Waals surface area contributed by atoms with Crippen molar-refractivity contribution >= 4 is 23.4 Å². The van der Waals surface area contributed by atoms with E-state index in [2.05, 4.69) is 20.2 Å². The summed E-state index contributed by atoms with van der Waals surface area (Å²) in [5, 5.41) is 7.05. The van der Waals surface area contributed by atoms with Crippen LogP contribution in [0.5, 0.6) is 0 Å². The zero-order valence-electron chi connectivity index (χ0n) is 26.7. The number of hydrogen-bond donors (Lipinski definition) is 1. The Balaban J connectivity index is 1.11. The van der Waals surface area contributed by atoms with Gasteiger partial charge < -0.3 is 19.9 Å². The lowest BCUT2D eigenvalue weighted by atomic mass is 9.67.